The molecule has 0 rings (SSSR count). The Kier molecular flexibility index (Phi) is 5.34. The molecule has 0 saturated heterocycles. The molecule has 0 bridgehead atoms. The van der Waals surface area contributed by atoms with Gasteiger partial charge in [0.05, 0.1) is 6.10 Å². The summed E-state index contributed by atoms with van der Waals surface area (Å²) >= 11 is 0. The van der Waals surface area contributed by atoms with E-state index in [0.29, 0.717) is 0 Å². The third-order valence-electron chi connectivity index (χ3n) is 1.60. The second-order valence-corrected chi connectivity index (χ2v) is 3.20. The number of carbonyl (C=O) groups excluding carboxylic acids is 2. The van der Waals surface area contributed by atoms with Crippen LogP contribution < -0.4 is 0 Å². The third kappa shape index (κ3) is 3.85. The quantitative estimate of drug-likeness (QED) is 0.369. The summed E-state index contributed by atoms with van der Waals surface area (Å²) in [6.45, 7) is 4.78. The van der Waals surface area contributed by atoms with Crippen LogP contribution in [0.25, 0.3) is 0 Å². The first-order valence-corrected chi connectivity index (χ1v) is 4.49. The van der Waals surface area contributed by atoms with E-state index in [9.17, 15) is 9.59 Å². The first-order chi connectivity index (χ1) is 6.40. The monoisotopic (exact) mass is 204 g/mol. The standard InChI is InChI=1S/C9H16O5/c1-4-6(10)7(8(11)12)9(13)14-5(2)3/h5,7-8,11-12H,4H2,1-3H3. The van der Waals surface area contributed by atoms with Gasteiger partial charge in [0.15, 0.2) is 18.0 Å². The predicted molar refractivity (Wildman–Crippen MR) is 48.2 cm³/mol. The molecule has 2 N–H and O–H groups in total. The van der Waals surface area contributed by atoms with E-state index in [4.69, 9.17) is 14.9 Å². The van der Waals surface area contributed by atoms with E-state index in [1.807, 2.05) is 0 Å². The van der Waals surface area contributed by atoms with Gasteiger partial charge in [-0.2, -0.15) is 0 Å². The number of hydrogen-bond donors (Lipinski definition) is 2. The van der Waals surface area contributed by atoms with Crippen molar-refractivity contribution in [3.8, 4) is 0 Å². The number of esters is 1. The Bertz CT molecular complexity index is 209. The van der Waals surface area contributed by atoms with E-state index < -0.39 is 24.0 Å². The summed E-state index contributed by atoms with van der Waals surface area (Å²) in [6, 6.07) is 0. The Morgan fingerprint density at radius 3 is 2.07 bits per heavy atom. The van der Waals surface area contributed by atoms with Crippen LogP contribution in [0, 0.1) is 5.92 Å². The summed E-state index contributed by atoms with van der Waals surface area (Å²) in [5.74, 6) is -2.91. The lowest BCUT2D eigenvalue weighted by Crippen LogP contribution is -2.37. The molecular formula is C9H16O5. The smallest absolute Gasteiger partial charge is 0.321 e. The zero-order valence-corrected chi connectivity index (χ0v) is 8.56. The fraction of sp³-hybridized carbons (Fsp3) is 0.778. The molecule has 0 aliphatic carbocycles. The van der Waals surface area contributed by atoms with Crippen LogP contribution in [-0.2, 0) is 14.3 Å². The largest absolute Gasteiger partial charge is 0.462 e. The number of Topliss-reactive ketones (excluding diaryl/α,β-unsaturated/α-hetero) is 1. The van der Waals surface area contributed by atoms with Crippen molar-refractivity contribution >= 4 is 11.8 Å². The third-order valence-corrected chi connectivity index (χ3v) is 1.60. The van der Waals surface area contributed by atoms with Crippen molar-refractivity contribution in [2.75, 3.05) is 0 Å². The van der Waals surface area contributed by atoms with Crippen LogP contribution in [-0.4, -0.2) is 34.4 Å². The van der Waals surface area contributed by atoms with Gasteiger partial charge >= 0.3 is 5.97 Å². The molecule has 0 aliphatic heterocycles. The molecule has 0 spiro atoms. The van der Waals surface area contributed by atoms with Gasteiger partial charge in [-0.15, -0.1) is 0 Å². The summed E-state index contributed by atoms with van der Waals surface area (Å²) in [5.41, 5.74) is 0. The highest BCUT2D eigenvalue weighted by molar-refractivity contribution is 5.99. The second-order valence-electron chi connectivity index (χ2n) is 3.20. The number of ketones is 1. The van der Waals surface area contributed by atoms with Gasteiger partial charge < -0.3 is 14.9 Å². The predicted octanol–water partition coefficient (Wildman–Crippen LogP) is -0.156. The second kappa shape index (κ2) is 5.72. The topological polar surface area (TPSA) is 83.8 Å². The van der Waals surface area contributed by atoms with Crippen molar-refractivity contribution in [1.82, 2.24) is 0 Å². The molecule has 0 radical (unpaired) electrons. The Balaban J connectivity index is 4.50. The zero-order chi connectivity index (χ0) is 11.3. The van der Waals surface area contributed by atoms with Crippen molar-refractivity contribution in [3.63, 3.8) is 0 Å². The molecule has 0 aromatic heterocycles. The van der Waals surface area contributed by atoms with Crippen LogP contribution >= 0.6 is 0 Å². The normalized spacial score (nSPS) is 13.1. The van der Waals surface area contributed by atoms with Crippen molar-refractivity contribution in [2.45, 2.75) is 39.6 Å². The molecule has 0 aliphatic rings. The Labute approximate surface area is 82.7 Å². The molecule has 0 aromatic carbocycles. The van der Waals surface area contributed by atoms with Gasteiger partial charge in [0.25, 0.3) is 0 Å². The zero-order valence-electron chi connectivity index (χ0n) is 8.56. The fourth-order valence-corrected chi connectivity index (χ4v) is 0.945. The molecule has 5 nitrogen and oxygen atoms in total. The average Bonchev–Trinajstić information content (AvgIpc) is 2.01. The van der Waals surface area contributed by atoms with Crippen LogP contribution in [0.5, 0.6) is 0 Å². The summed E-state index contributed by atoms with van der Waals surface area (Å²) in [5, 5.41) is 17.7. The van der Waals surface area contributed by atoms with Gasteiger partial charge in [-0.25, -0.2) is 0 Å². The van der Waals surface area contributed by atoms with Crippen molar-refractivity contribution in [2.24, 2.45) is 5.92 Å². The lowest BCUT2D eigenvalue weighted by Gasteiger charge is -2.17. The molecule has 0 heterocycles. The minimum Gasteiger partial charge on any atom is -0.462 e. The Hall–Kier alpha value is -0.940. The lowest BCUT2D eigenvalue weighted by atomic mass is 10.0. The van der Waals surface area contributed by atoms with E-state index in [2.05, 4.69) is 0 Å². The first kappa shape index (κ1) is 13.1. The summed E-state index contributed by atoms with van der Waals surface area (Å²) in [7, 11) is 0. The molecule has 82 valence electrons. The molecule has 0 aromatic rings. The molecule has 0 amide bonds. The van der Waals surface area contributed by atoms with Gasteiger partial charge in [0, 0.05) is 6.42 Å². The number of aliphatic hydroxyl groups excluding tert-OH is 1. The van der Waals surface area contributed by atoms with E-state index in [1.165, 1.54) is 0 Å². The highest BCUT2D eigenvalue weighted by Gasteiger charge is 2.33. The van der Waals surface area contributed by atoms with E-state index >= 15 is 0 Å². The van der Waals surface area contributed by atoms with Gasteiger partial charge in [0.1, 0.15) is 0 Å². The van der Waals surface area contributed by atoms with Crippen LogP contribution in [0.15, 0.2) is 0 Å². The van der Waals surface area contributed by atoms with Crippen LogP contribution in [0.1, 0.15) is 27.2 Å². The van der Waals surface area contributed by atoms with Crippen molar-refractivity contribution in [3.05, 3.63) is 0 Å². The van der Waals surface area contributed by atoms with Gasteiger partial charge in [-0.05, 0) is 13.8 Å². The van der Waals surface area contributed by atoms with Crippen LogP contribution in [0.4, 0.5) is 0 Å². The molecule has 14 heavy (non-hydrogen) atoms. The number of ether oxygens (including phenoxy) is 1. The van der Waals surface area contributed by atoms with E-state index in [1.54, 1.807) is 20.8 Å². The van der Waals surface area contributed by atoms with Crippen LogP contribution in [0.2, 0.25) is 0 Å². The summed E-state index contributed by atoms with van der Waals surface area (Å²) in [6.07, 6.45) is -2.31. The molecule has 1 atom stereocenters. The molecule has 1 unspecified atom stereocenters. The molecule has 0 saturated carbocycles. The lowest BCUT2D eigenvalue weighted by molar-refractivity contribution is -0.171. The SMILES string of the molecule is CCC(=O)C(C(=O)OC(C)C)C(O)O. The van der Waals surface area contributed by atoms with Gasteiger partial charge in [-0.1, -0.05) is 6.92 Å². The Morgan fingerprint density at radius 1 is 1.29 bits per heavy atom. The van der Waals surface area contributed by atoms with Crippen LogP contribution in [0.3, 0.4) is 0 Å². The Morgan fingerprint density at radius 2 is 1.79 bits per heavy atom. The van der Waals surface area contributed by atoms with Crippen molar-refractivity contribution < 1.29 is 24.5 Å². The highest BCUT2D eigenvalue weighted by atomic mass is 16.5. The highest BCUT2D eigenvalue weighted by Crippen LogP contribution is 2.10. The van der Waals surface area contributed by atoms with E-state index in [-0.39, 0.29) is 12.5 Å². The van der Waals surface area contributed by atoms with Crippen molar-refractivity contribution in [1.29, 1.82) is 0 Å². The number of hydrogen-bond acceptors (Lipinski definition) is 5. The molecule has 5 heteroatoms. The molecular weight excluding hydrogens is 188 g/mol. The minimum atomic E-state index is -1.99. The van der Waals surface area contributed by atoms with Gasteiger partial charge in [0.2, 0.25) is 0 Å². The fourth-order valence-electron chi connectivity index (χ4n) is 0.945. The molecule has 0 fully saturated rings. The van der Waals surface area contributed by atoms with Gasteiger partial charge in [-0.3, -0.25) is 9.59 Å². The summed E-state index contributed by atoms with van der Waals surface area (Å²) < 4.78 is 4.72. The average molecular weight is 204 g/mol. The summed E-state index contributed by atoms with van der Waals surface area (Å²) in [4.78, 5) is 22.4. The first-order valence-electron chi connectivity index (χ1n) is 4.49. The number of rotatable bonds is 5. The maximum atomic E-state index is 11.2. The number of carbonyl (C=O) groups is 2. The maximum Gasteiger partial charge on any atom is 0.321 e. The minimum absolute atomic E-state index is 0.0650. The number of aliphatic hydroxyl groups is 2. The van der Waals surface area contributed by atoms with E-state index in [0.717, 1.165) is 0 Å². The maximum absolute atomic E-state index is 11.2.